The Bertz CT molecular complexity index is 456. The van der Waals surface area contributed by atoms with Gasteiger partial charge >= 0.3 is 5.97 Å². The second-order valence-electron chi connectivity index (χ2n) is 5.00. The van der Waals surface area contributed by atoms with Crippen molar-refractivity contribution in [2.45, 2.75) is 36.7 Å². The van der Waals surface area contributed by atoms with Gasteiger partial charge in [-0.15, -0.1) is 0 Å². The molecule has 2 aliphatic carbocycles. The maximum absolute atomic E-state index is 11.2. The second kappa shape index (κ2) is 2.86. The average molecular weight is 218 g/mol. The highest BCUT2D eigenvalue weighted by atomic mass is 16.4. The van der Waals surface area contributed by atoms with Crippen LogP contribution in [0.3, 0.4) is 0 Å². The molecule has 0 heterocycles. The molecular weight excluding hydrogens is 204 g/mol. The van der Waals surface area contributed by atoms with E-state index < -0.39 is 17.0 Å². The molecule has 3 rings (SSSR count). The largest absolute Gasteiger partial charge is 0.481 e. The Morgan fingerprint density at radius 1 is 1.12 bits per heavy atom. The Morgan fingerprint density at radius 3 is 2.25 bits per heavy atom. The van der Waals surface area contributed by atoms with Gasteiger partial charge < -0.3 is 10.2 Å². The molecule has 2 saturated carbocycles. The number of hydrogen-bond acceptors (Lipinski definition) is 2. The van der Waals surface area contributed by atoms with Crippen molar-refractivity contribution in [1.82, 2.24) is 0 Å². The number of benzene rings is 1. The number of carboxylic acid groups (broad SMARTS) is 1. The minimum absolute atomic E-state index is 0.665. The van der Waals surface area contributed by atoms with Gasteiger partial charge in [0, 0.05) is 0 Å². The molecule has 0 radical (unpaired) electrons. The first-order valence-electron chi connectivity index (χ1n) is 5.64. The predicted octanol–water partition coefficient (Wildman–Crippen LogP) is 1.78. The lowest BCUT2D eigenvalue weighted by Gasteiger charge is -2.14. The van der Waals surface area contributed by atoms with Crippen LogP contribution in [-0.4, -0.2) is 16.2 Å². The lowest BCUT2D eigenvalue weighted by Crippen LogP contribution is -2.20. The van der Waals surface area contributed by atoms with Crippen LogP contribution in [0.5, 0.6) is 0 Å². The average Bonchev–Trinajstić information content (AvgIpc) is 3.13. The van der Waals surface area contributed by atoms with E-state index in [0.717, 1.165) is 24.0 Å². The van der Waals surface area contributed by atoms with Gasteiger partial charge in [0.05, 0.1) is 11.0 Å². The quantitative estimate of drug-likeness (QED) is 0.813. The summed E-state index contributed by atoms with van der Waals surface area (Å²) in [6.45, 7) is 0. The summed E-state index contributed by atoms with van der Waals surface area (Å²) >= 11 is 0. The van der Waals surface area contributed by atoms with Crippen LogP contribution in [0.1, 0.15) is 36.8 Å². The van der Waals surface area contributed by atoms with Gasteiger partial charge in [0.25, 0.3) is 0 Å². The van der Waals surface area contributed by atoms with Crippen LogP contribution in [0.4, 0.5) is 0 Å². The van der Waals surface area contributed by atoms with Crippen LogP contribution < -0.4 is 0 Å². The molecule has 0 amide bonds. The zero-order valence-corrected chi connectivity index (χ0v) is 8.94. The Labute approximate surface area is 93.7 Å². The number of aliphatic hydroxyl groups is 1. The molecular formula is C13H14O3. The molecule has 0 saturated heterocycles. The van der Waals surface area contributed by atoms with E-state index in [0.29, 0.717) is 12.8 Å². The molecule has 84 valence electrons. The zero-order valence-electron chi connectivity index (χ0n) is 8.94. The maximum Gasteiger partial charge on any atom is 0.314 e. The van der Waals surface area contributed by atoms with Gasteiger partial charge in [-0.05, 0) is 36.8 Å². The minimum atomic E-state index is -0.743. The smallest absolute Gasteiger partial charge is 0.314 e. The number of hydrogen-bond donors (Lipinski definition) is 2. The van der Waals surface area contributed by atoms with Crippen molar-refractivity contribution in [3.8, 4) is 0 Å². The molecule has 3 nitrogen and oxygen atoms in total. The van der Waals surface area contributed by atoms with Gasteiger partial charge in [-0.1, -0.05) is 24.3 Å². The van der Waals surface area contributed by atoms with Crippen LogP contribution >= 0.6 is 0 Å². The molecule has 2 aliphatic rings. The summed E-state index contributed by atoms with van der Waals surface area (Å²) < 4.78 is 0. The highest BCUT2D eigenvalue weighted by Crippen LogP contribution is 2.51. The van der Waals surface area contributed by atoms with Crippen LogP contribution in [0.25, 0.3) is 0 Å². The predicted molar refractivity (Wildman–Crippen MR) is 58.1 cm³/mol. The maximum atomic E-state index is 11.2. The molecule has 0 aliphatic heterocycles. The summed E-state index contributed by atoms with van der Waals surface area (Å²) in [7, 11) is 0. The molecule has 0 spiro atoms. The third kappa shape index (κ3) is 1.28. The van der Waals surface area contributed by atoms with Crippen molar-refractivity contribution in [3.63, 3.8) is 0 Å². The number of carboxylic acids is 1. The monoisotopic (exact) mass is 218 g/mol. The van der Waals surface area contributed by atoms with E-state index in [1.165, 1.54) is 0 Å². The van der Waals surface area contributed by atoms with E-state index in [4.69, 9.17) is 0 Å². The highest BCUT2D eigenvalue weighted by Gasteiger charge is 2.52. The summed E-state index contributed by atoms with van der Waals surface area (Å²) in [5, 5.41) is 19.2. The summed E-state index contributed by atoms with van der Waals surface area (Å²) in [6, 6.07) is 7.46. The topological polar surface area (TPSA) is 57.5 Å². The molecule has 2 N–H and O–H groups in total. The molecule has 1 aromatic carbocycles. The first kappa shape index (κ1) is 9.85. The van der Waals surface area contributed by atoms with E-state index >= 15 is 0 Å². The number of aliphatic carboxylic acids is 1. The Balaban J connectivity index is 2.00. The van der Waals surface area contributed by atoms with E-state index in [2.05, 4.69) is 0 Å². The second-order valence-corrected chi connectivity index (χ2v) is 5.00. The van der Waals surface area contributed by atoms with Gasteiger partial charge in [-0.3, -0.25) is 4.79 Å². The van der Waals surface area contributed by atoms with Crippen molar-refractivity contribution in [2.24, 2.45) is 0 Å². The van der Waals surface area contributed by atoms with E-state index in [9.17, 15) is 15.0 Å². The van der Waals surface area contributed by atoms with Crippen molar-refractivity contribution in [3.05, 3.63) is 35.4 Å². The molecule has 16 heavy (non-hydrogen) atoms. The molecule has 1 aromatic rings. The first-order valence-corrected chi connectivity index (χ1v) is 5.64. The van der Waals surface area contributed by atoms with Crippen molar-refractivity contribution < 1.29 is 15.0 Å². The molecule has 0 atom stereocenters. The van der Waals surface area contributed by atoms with Crippen molar-refractivity contribution in [2.75, 3.05) is 0 Å². The minimum Gasteiger partial charge on any atom is -0.481 e. The first-order chi connectivity index (χ1) is 7.57. The summed E-state index contributed by atoms with van der Waals surface area (Å²) in [5.74, 6) is -0.743. The van der Waals surface area contributed by atoms with E-state index in [-0.39, 0.29) is 0 Å². The summed E-state index contributed by atoms with van der Waals surface area (Å²) in [6.07, 6.45) is 3.00. The van der Waals surface area contributed by atoms with Crippen molar-refractivity contribution >= 4 is 5.97 Å². The molecule has 3 heteroatoms. The fourth-order valence-electron chi connectivity index (χ4n) is 2.26. The molecule has 0 aromatic heterocycles. The Kier molecular flexibility index (Phi) is 1.76. The lowest BCUT2D eigenvalue weighted by molar-refractivity contribution is -0.140. The van der Waals surface area contributed by atoms with Gasteiger partial charge in [-0.25, -0.2) is 0 Å². The van der Waals surface area contributed by atoms with Crippen LogP contribution in [0, 0.1) is 0 Å². The van der Waals surface area contributed by atoms with Gasteiger partial charge in [0.15, 0.2) is 0 Å². The Hall–Kier alpha value is -1.35. The Morgan fingerprint density at radius 2 is 1.75 bits per heavy atom. The van der Waals surface area contributed by atoms with Gasteiger partial charge in [0.2, 0.25) is 0 Å². The highest BCUT2D eigenvalue weighted by molar-refractivity contribution is 5.85. The van der Waals surface area contributed by atoms with E-state index in [1.807, 2.05) is 24.3 Å². The zero-order chi connectivity index (χ0) is 11.4. The summed E-state index contributed by atoms with van der Waals surface area (Å²) in [4.78, 5) is 11.2. The molecule has 0 bridgehead atoms. The fraction of sp³-hybridized carbons (Fsp3) is 0.462. The molecule has 2 fully saturated rings. The van der Waals surface area contributed by atoms with Gasteiger partial charge in [0.1, 0.15) is 0 Å². The van der Waals surface area contributed by atoms with Gasteiger partial charge in [-0.2, -0.15) is 0 Å². The third-order valence-electron chi connectivity index (χ3n) is 3.84. The van der Waals surface area contributed by atoms with Crippen molar-refractivity contribution in [1.29, 1.82) is 0 Å². The third-order valence-corrected chi connectivity index (χ3v) is 3.84. The number of rotatable bonds is 3. The standard InChI is InChI=1S/C13H14O3/c14-11(15)12(4-5-12)9-2-1-3-10(8-9)13(16)6-7-13/h1-3,8,16H,4-7H2,(H,14,15). The lowest BCUT2D eigenvalue weighted by atomic mass is 9.93. The fourth-order valence-corrected chi connectivity index (χ4v) is 2.26. The van der Waals surface area contributed by atoms with Crippen LogP contribution in [0.2, 0.25) is 0 Å². The normalized spacial score (nSPS) is 23.8. The molecule has 0 unspecified atom stereocenters. The van der Waals surface area contributed by atoms with Crippen LogP contribution in [-0.2, 0) is 15.8 Å². The summed E-state index contributed by atoms with van der Waals surface area (Å²) in [5.41, 5.74) is 0.377. The van der Waals surface area contributed by atoms with Crippen LogP contribution in [0.15, 0.2) is 24.3 Å². The van der Waals surface area contributed by atoms with E-state index in [1.54, 1.807) is 0 Å². The number of carbonyl (C=O) groups is 1. The SMILES string of the molecule is O=C(O)C1(c2cccc(C3(O)CC3)c2)CC1.